The van der Waals surface area contributed by atoms with Crippen molar-refractivity contribution in [3.63, 3.8) is 0 Å². The van der Waals surface area contributed by atoms with Crippen LogP contribution < -0.4 is 10.6 Å². The molecule has 0 radical (unpaired) electrons. The van der Waals surface area contributed by atoms with Crippen LogP contribution in [-0.2, 0) is 11.2 Å². The maximum Gasteiger partial charge on any atom is 0.224 e. The van der Waals surface area contributed by atoms with Crippen LogP contribution >= 0.6 is 35.6 Å². The maximum absolute atomic E-state index is 11.6. The maximum atomic E-state index is 11.6. The zero-order valence-corrected chi connectivity index (χ0v) is 12.6. The van der Waals surface area contributed by atoms with Crippen LogP contribution in [-0.4, -0.2) is 25.5 Å². The molecular formula is C12H17Cl3N2O. The molecular weight excluding hydrogens is 295 g/mol. The summed E-state index contributed by atoms with van der Waals surface area (Å²) >= 11 is 11.7. The molecule has 0 aliphatic rings. The molecule has 0 heterocycles. The highest BCUT2D eigenvalue weighted by molar-refractivity contribution is 6.42. The van der Waals surface area contributed by atoms with E-state index in [4.69, 9.17) is 23.2 Å². The molecule has 1 aromatic carbocycles. The monoisotopic (exact) mass is 310 g/mol. The van der Waals surface area contributed by atoms with E-state index in [9.17, 15) is 4.79 Å². The van der Waals surface area contributed by atoms with E-state index in [1.807, 2.05) is 14.0 Å². The number of nitrogens with one attached hydrogen (secondary N) is 2. The molecule has 0 aromatic heterocycles. The van der Waals surface area contributed by atoms with Gasteiger partial charge in [-0.25, -0.2) is 0 Å². The molecule has 0 aliphatic heterocycles. The van der Waals surface area contributed by atoms with Gasteiger partial charge in [-0.2, -0.15) is 0 Å². The first-order valence-electron chi connectivity index (χ1n) is 5.41. The molecule has 2 N–H and O–H groups in total. The number of hydrogen-bond donors (Lipinski definition) is 2. The zero-order chi connectivity index (χ0) is 12.8. The summed E-state index contributed by atoms with van der Waals surface area (Å²) in [6, 6.07) is 5.47. The first-order chi connectivity index (χ1) is 8.02. The number of carbonyl (C=O) groups excluding carboxylic acids is 1. The van der Waals surface area contributed by atoms with Gasteiger partial charge in [0.15, 0.2) is 0 Å². The Morgan fingerprint density at radius 3 is 2.56 bits per heavy atom. The fraction of sp³-hybridized carbons (Fsp3) is 0.417. The van der Waals surface area contributed by atoms with Gasteiger partial charge < -0.3 is 10.6 Å². The van der Waals surface area contributed by atoms with E-state index in [0.29, 0.717) is 23.0 Å². The normalized spacial score (nSPS) is 11.6. The van der Waals surface area contributed by atoms with Crippen LogP contribution in [0.2, 0.25) is 10.0 Å². The lowest BCUT2D eigenvalue weighted by atomic mass is 10.1. The van der Waals surface area contributed by atoms with Crippen molar-refractivity contribution in [1.82, 2.24) is 10.6 Å². The molecule has 6 heteroatoms. The highest BCUT2D eigenvalue weighted by Gasteiger charge is 2.06. The lowest BCUT2D eigenvalue weighted by molar-refractivity contribution is -0.120. The molecule has 0 spiro atoms. The van der Waals surface area contributed by atoms with Gasteiger partial charge in [0.1, 0.15) is 0 Å². The van der Waals surface area contributed by atoms with Crippen molar-refractivity contribution in [3.8, 4) is 0 Å². The Balaban J connectivity index is 0.00000289. The number of benzene rings is 1. The average molecular weight is 312 g/mol. The first-order valence-corrected chi connectivity index (χ1v) is 6.16. The summed E-state index contributed by atoms with van der Waals surface area (Å²) in [7, 11) is 1.86. The van der Waals surface area contributed by atoms with E-state index in [1.54, 1.807) is 18.2 Å². The molecule has 1 rings (SSSR count). The summed E-state index contributed by atoms with van der Waals surface area (Å²) < 4.78 is 0. The van der Waals surface area contributed by atoms with Crippen LogP contribution in [0.25, 0.3) is 0 Å². The fourth-order valence-corrected chi connectivity index (χ4v) is 1.59. The SMILES string of the molecule is CNC(C)CNC(=O)Cc1ccc(Cl)c(Cl)c1.Cl. The molecule has 1 aromatic rings. The van der Waals surface area contributed by atoms with Crippen LogP contribution in [0.5, 0.6) is 0 Å². The lowest BCUT2D eigenvalue weighted by Gasteiger charge is -2.11. The fourth-order valence-electron chi connectivity index (χ4n) is 1.27. The molecule has 1 atom stereocenters. The van der Waals surface area contributed by atoms with E-state index in [2.05, 4.69) is 10.6 Å². The van der Waals surface area contributed by atoms with Crippen molar-refractivity contribution in [3.05, 3.63) is 33.8 Å². The summed E-state index contributed by atoms with van der Waals surface area (Å²) in [4.78, 5) is 11.6. The van der Waals surface area contributed by atoms with Crippen molar-refractivity contribution in [1.29, 1.82) is 0 Å². The van der Waals surface area contributed by atoms with Crippen molar-refractivity contribution in [2.75, 3.05) is 13.6 Å². The van der Waals surface area contributed by atoms with E-state index in [-0.39, 0.29) is 24.4 Å². The summed E-state index contributed by atoms with van der Waals surface area (Å²) in [5, 5.41) is 6.86. The van der Waals surface area contributed by atoms with Crippen LogP contribution in [0, 0.1) is 0 Å². The number of carbonyl (C=O) groups is 1. The van der Waals surface area contributed by atoms with Crippen molar-refractivity contribution >= 4 is 41.5 Å². The minimum Gasteiger partial charge on any atom is -0.354 e. The molecule has 0 fully saturated rings. The molecule has 3 nitrogen and oxygen atoms in total. The molecule has 0 saturated carbocycles. The molecule has 1 amide bonds. The number of hydrogen-bond acceptors (Lipinski definition) is 2. The third kappa shape index (κ3) is 5.91. The standard InChI is InChI=1S/C12H16Cl2N2O.ClH/c1-8(15-2)7-16-12(17)6-9-3-4-10(13)11(14)5-9;/h3-5,8,15H,6-7H2,1-2H3,(H,16,17);1H. The van der Waals surface area contributed by atoms with E-state index >= 15 is 0 Å². The quantitative estimate of drug-likeness (QED) is 0.878. The minimum atomic E-state index is -0.0227. The van der Waals surface area contributed by atoms with Gasteiger partial charge in [-0.15, -0.1) is 12.4 Å². The van der Waals surface area contributed by atoms with E-state index in [1.165, 1.54) is 0 Å². The predicted molar refractivity (Wildman–Crippen MR) is 78.9 cm³/mol. The first kappa shape index (κ1) is 17.5. The van der Waals surface area contributed by atoms with Gasteiger partial charge in [-0.05, 0) is 31.7 Å². The minimum absolute atomic E-state index is 0. The second kappa shape index (κ2) is 8.59. The van der Waals surface area contributed by atoms with Gasteiger partial charge in [-0.1, -0.05) is 29.3 Å². The Morgan fingerprint density at radius 2 is 2.00 bits per heavy atom. The summed E-state index contributed by atoms with van der Waals surface area (Å²) in [5.74, 6) is -0.0227. The largest absolute Gasteiger partial charge is 0.354 e. The molecule has 0 saturated heterocycles. The predicted octanol–water partition coefficient (Wildman–Crippen LogP) is 2.68. The zero-order valence-electron chi connectivity index (χ0n) is 10.3. The van der Waals surface area contributed by atoms with Crippen LogP contribution in [0.4, 0.5) is 0 Å². The van der Waals surface area contributed by atoms with Gasteiger partial charge in [0.2, 0.25) is 5.91 Å². The summed E-state index contributed by atoms with van der Waals surface area (Å²) in [6.07, 6.45) is 0.313. The van der Waals surface area contributed by atoms with Gasteiger partial charge in [0.25, 0.3) is 0 Å². The summed E-state index contributed by atoms with van der Waals surface area (Å²) in [5.41, 5.74) is 0.856. The van der Waals surface area contributed by atoms with Gasteiger partial charge in [0, 0.05) is 12.6 Å². The highest BCUT2D eigenvalue weighted by Crippen LogP contribution is 2.22. The topological polar surface area (TPSA) is 41.1 Å². The van der Waals surface area contributed by atoms with Crippen LogP contribution in [0.1, 0.15) is 12.5 Å². The Labute approximate surface area is 124 Å². The van der Waals surface area contributed by atoms with Crippen LogP contribution in [0.3, 0.4) is 0 Å². The third-order valence-corrected chi connectivity index (χ3v) is 3.19. The molecule has 102 valence electrons. The number of amides is 1. The number of likely N-dealkylation sites (N-methyl/N-ethyl adjacent to an activating group) is 1. The molecule has 18 heavy (non-hydrogen) atoms. The van der Waals surface area contributed by atoms with Gasteiger partial charge in [-0.3, -0.25) is 4.79 Å². The van der Waals surface area contributed by atoms with Gasteiger partial charge in [0.05, 0.1) is 16.5 Å². The Kier molecular flexibility index (Phi) is 8.36. The second-order valence-electron chi connectivity index (χ2n) is 3.92. The molecule has 0 aliphatic carbocycles. The lowest BCUT2D eigenvalue weighted by Crippen LogP contribution is -2.37. The van der Waals surface area contributed by atoms with Crippen molar-refractivity contribution < 1.29 is 4.79 Å². The van der Waals surface area contributed by atoms with Crippen molar-refractivity contribution in [2.24, 2.45) is 0 Å². The van der Waals surface area contributed by atoms with E-state index in [0.717, 1.165) is 5.56 Å². The highest BCUT2D eigenvalue weighted by atomic mass is 35.5. The average Bonchev–Trinajstić information content (AvgIpc) is 2.31. The number of halogens is 3. The smallest absolute Gasteiger partial charge is 0.224 e. The van der Waals surface area contributed by atoms with Crippen LogP contribution in [0.15, 0.2) is 18.2 Å². The second-order valence-corrected chi connectivity index (χ2v) is 4.73. The summed E-state index contributed by atoms with van der Waals surface area (Å²) in [6.45, 7) is 2.61. The number of rotatable bonds is 5. The molecule has 0 bridgehead atoms. The Bertz CT molecular complexity index is 399. The third-order valence-electron chi connectivity index (χ3n) is 2.45. The Hall–Kier alpha value is -0.480. The van der Waals surface area contributed by atoms with Crippen molar-refractivity contribution in [2.45, 2.75) is 19.4 Å². The Morgan fingerprint density at radius 1 is 1.33 bits per heavy atom. The van der Waals surface area contributed by atoms with Gasteiger partial charge >= 0.3 is 0 Å². The van der Waals surface area contributed by atoms with E-state index < -0.39 is 0 Å². The molecule has 1 unspecified atom stereocenters.